The van der Waals surface area contributed by atoms with E-state index in [1.807, 2.05) is 55.9 Å². The van der Waals surface area contributed by atoms with Crippen LogP contribution in [0.3, 0.4) is 0 Å². The Balaban J connectivity index is 0.00000145. The Labute approximate surface area is 176 Å². The van der Waals surface area contributed by atoms with Crippen molar-refractivity contribution in [3.05, 3.63) is 70.1 Å². The molecule has 1 heterocycles. The molecular weight excluding hydrogens is 393 g/mol. The van der Waals surface area contributed by atoms with Crippen LogP contribution in [0.2, 0.25) is 5.02 Å². The molecule has 6 heteroatoms. The predicted molar refractivity (Wildman–Crippen MR) is 113 cm³/mol. The van der Waals surface area contributed by atoms with E-state index >= 15 is 0 Å². The maximum Gasteiger partial charge on any atom is 0.148 e. The second kappa shape index (κ2) is 11.0. The number of carbonyl (C=O) groups excluding carboxylic acids is 1. The van der Waals surface area contributed by atoms with Crippen LogP contribution in [0.1, 0.15) is 44.4 Å². The second-order valence-corrected chi connectivity index (χ2v) is 6.75. The molecule has 2 unspecified atom stereocenters. The summed E-state index contributed by atoms with van der Waals surface area (Å²) in [6, 6.07) is 11.9. The van der Waals surface area contributed by atoms with Gasteiger partial charge in [-0.1, -0.05) is 56.6 Å². The van der Waals surface area contributed by atoms with E-state index in [4.69, 9.17) is 21.1 Å². The third kappa shape index (κ3) is 5.18. The Morgan fingerprint density at radius 3 is 2.52 bits per heavy atom. The summed E-state index contributed by atoms with van der Waals surface area (Å²) < 4.78 is 25.1. The van der Waals surface area contributed by atoms with E-state index < -0.39 is 5.82 Å². The molecule has 2 aromatic carbocycles. The molecule has 0 aliphatic carbocycles. The van der Waals surface area contributed by atoms with Gasteiger partial charge in [0.05, 0.1) is 30.9 Å². The zero-order chi connectivity index (χ0) is 21.4. The van der Waals surface area contributed by atoms with Gasteiger partial charge < -0.3 is 14.4 Å². The standard InChI is InChI=1S/C21H21ClFNO3.C2H6/c1-3-19-21(17-5-4-6-18(23)20(17)22)24(15(12-25)13-27-19)11-14-7-9-16(26-2)10-8-14;1-2/h4-10,19,21H,3,11,13H2,1-2H3;1-2H3. The quantitative estimate of drug-likeness (QED) is 0.593. The van der Waals surface area contributed by atoms with E-state index in [1.54, 1.807) is 19.2 Å². The third-order valence-electron chi connectivity index (χ3n) is 4.80. The highest BCUT2D eigenvalue weighted by atomic mass is 35.5. The maximum absolute atomic E-state index is 14.1. The van der Waals surface area contributed by atoms with E-state index in [0.717, 1.165) is 11.3 Å². The fourth-order valence-corrected chi connectivity index (χ4v) is 3.63. The van der Waals surface area contributed by atoms with E-state index in [9.17, 15) is 9.18 Å². The van der Waals surface area contributed by atoms with E-state index in [-0.39, 0.29) is 23.8 Å². The summed E-state index contributed by atoms with van der Waals surface area (Å²) in [7, 11) is 1.61. The highest BCUT2D eigenvalue weighted by Gasteiger charge is 2.37. The summed E-state index contributed by atoms with van der Waals surface area (Å²) >= 11 is 6.27. The van der Waals surface area contributed by atoms with Gasteiger partial charge in [-0.3, -0.25) is 0 Å². The van der Waals surface area contributed by atoms with Crippen LogP contribution < -0.4 is 4.74 Å². The lowest BCUT2D eigenvalue weighted by Gasteiger charge is -2.43. The monoisotopic (exact) mass is 419 g/mol. The largest absolute Gasteiger partial charge is 0.497 e. The highest BCUT2D eigenvalue weighted by Crippen LogP contribution is 2.39. The lowest BCUT2D eigenvalue weighted by atomic mass is 9.94. The number of halogens is 2. The zero-order valence-electron chi connectivity index (χ0n) is 17.2. The summed E-state index contributed by atoms with van der Waals surface area (Å²) in [5, 5.41) is 0.0522. The van der Waals surface area contributed by atoms with Crippen LogP contribution in [0, 0.1) is 5.82 Å². The van der Waals surface area contributed by atoms with Gasteiger partial charge in [0, 0.05) is 6.54 Å². The lowest BCUT2D eigenvalue weighted by Crippen LogP contribution is -2.43. The average molecular weight is 420 g/mol. The number of hydrogen-bond acceptors (Lipinski definition) is 4. The number of benzene rings is 2. The predicted octanol–water partition coefficient (Wildman–Crippen LogP) is 5.58. The Morgan fingerprint density at radius 1 is 1.24 bits per heavy atom. The molecule has 2 atom stereocenters. The minimum absolute atomic E-state index is 0.0522. The van der Waals surface area contributed by atoms with Crippen molar-refractivity contribution in [2.24, 2.45) is 0 Å². The normalized spacial score (nSPS) is 18.6. The molecule has 0 radical (unpaired) electrons. The lowest BCUT2D eigenvalue weighted by molar-refractivity contribution is -0.0476. The molecule has 1 aliphatic heterocycles. The molecule has 0 N–H and O–H groups in total. The highest BCUT2D eigenvalue weighted by molar-refractivity contribution is 6.31. The number of rotatable bonds is 5. The van der Waals surface area contributed by atoms with Gasteiger partial charge in [-0.25, -0.2) is 9.18 Å². The number of hydrogen-bond donors (Lipinski definition) is 0. The summed E-state index contributed by atoms with van der Waals surface area (Å²) in [5.41, 5.74) is 1.98. The molecule has 1 saturated heterocycles. The summed E-state index contributed by atoms with van der Waals surface area (Å²) in [6.07, 6.45) is 0.475. The Bertz CT molecular complexity index is 850. The minimum atomic E-state index is -0.490. The van der Waals surface area contributed by atoms with Crippen molar-refractivity contribution in [2.45, 2.75) is 45.9 Å². The van der Waals surface area contributed by atoms with Crippen molar-refractivity contribution in [2.75, 3.05) is 13.7 Å². The molecule has 29 heavy (non-hydrogen) atoms. The molecule has 4 nitrogen and oxygen atoms in total. The van der Waals surface area contributed by atoms with E-state index in [1.165, 1.54) is 6.07 Å². The van der Waals surface area contributed by atoms with Crippen molar-refractivity contribution in [1.29, 1.82) is 0 Å². The fraction of sp³-hybridized carbons (Fsp3) is 0.391. The Morgan fingerprint density at radius 2 is 1.93 bits per heavy atom. The Hall–Kier alpha value is -2.33. The first-order valence-corrected chi connectivity index (χ1v) is 10.2. The van der Waals surface area contributed by atoms with Crippen molar-refractivity contribution >= 4 is 17.5 Å². The molecule has 0 aromatic heterocycles. The van der Waals surface area contributed by atoms with Crippen LogP contribution in [-0.4, -0.2) is 30.7 Å². The van der Waals surface area contributed by atoms with Crippen LogP contribution in [0.25, 0.3) is 0 Å². The number of morpholine rings is 1. The van der Waals surface area contributed by atoms with Gasteiger partial charge in [0.15, 0.2) is 0 Å². The second-order valence-electron chi connectivity index (χ2n) is 6.37. The number of ether oxygens (including phenoxy) is 2. The van der Waals surface area contributed by atoms with Crippen molar-refractivity contribution in [3.8, 4) is 5.75 Å². The topological polar surface area (TPSA) is 38.8 Å². The fourth-order valence-electron chi connectivity index (χ4n) is 3.40. The van der Waals surface area contributed by atoms with Crippen LogP contribution >= 0.6 is 11.6 Å². The zero-order valence-corrected chi connectivity index (χ0v) is 18.0. The minimum Gasteiger partial charge on any atom is -0.497 e. The van der Waals surface area contributed by atoms with Gasteiger partial charge in [0.25, 0.3) is 0 Å². The van der Waals surface area contributed by atoms with Gasteiger partial charge >= 0.3 is 0 Å². The van der Waals surface area contributed by atoms with Gasteiger partial charge in [-0.15, -0.1) is 0 Å². The number of nitrogens with zero attached hydrogens (tertiary/aromatic N) is 1. The molecule has 1 aliphatic rings. The van der Waals surface area contributed by atoms with Crippen LogP contribution in [0.5, 0.6) is 5.75 Å². The molecule has 0 bridgehead atoms. The first-order valence-electron chi connectivity index (χ1n) is 9.78. The van der Waals surface area contributed by atoms with Crippen molar-refractivity contribution in [3.63, 3.8) is 0 Å². The molecule has 1 fully saturated rings. The molecule has 0 spiro atoms. The maximum atomic E-state index is 14.1. The molecular formula is C23H27ClFNO3. The molecule has 0 amide bonds. The first kappa shape index (κ1) is 23.0. The van der Waals surface area contributed by atoms with Crippen molar-refractivity contribution in [1.82, 2.24) is 4.90 Å². The van der Waals surface area contributed by atoms with Gasteiger partial charge in [-0.2, -0.15) is 0 Å². The van der Waals surface area contributed by atoms with Crippen molar-refractivity contribution < 1.29 is 18.7 Å². The number of methoxy groups -OCH3 is 1. The van der Waals surface area contributed by atoms with Crippen LogP contribution in [-0.2, 0) is 16.1 Å². The van der Waals surface area contributed by atoms with E-state index in [2.05, 4.69) is 0 Å². The third-order valence-corrected chi connectivity index (χ3v) is 5.20. The SMILES string of the molecule is CC.CCC1OCC(=C=O)N(Cc2ccc(OC)cc2)C1c1cccc(F)c1Cl. The Kier molecular flexibility index (Phi) is 8.71. The summed E-state index contributed by atoms with van der Waals surface area (Å²) in [6.45, 7) is 6.61. The van der Waals surface area contributed by atoms with E-state index in [0.29, 0.717) is 24.2 Å². The molecule has 156 valence electrons. The summed E-state index contributed by atoms with van der Waals surface area (Å²) in [4.78, 5) is 13.5. The smallest absolute Gasteiger partial charge is 0.148 e. The van der Waals surface area contributed by atoms with Gasteiger partial charge in [-0.05, 0) is 35.7 Å². The molecule has 2 aromatic rings. The molecule has 3 rings (SSSR count). The van der Waals surface area contributed by atoms with Gasteiger partial charge in [0.1, 0.15) is 23.2 Å². The van der Waals surface area contributed by atoms with Crippen LogP contribution in [0.15, 0.2) is 48.2 Å². The van der Waals surface area contributed by atoms with Gasteiger partial charge in [0.2, 0.25) is 0 Å². The van der Waals surface area contributed by atoms with Crippen LogP contribution in [0.4, 0.5) is 4.39 Å². The molecule has 0 saturated carbocycles. The summed E-state index contributed by atoms with van der Waals surface area (Å²) in [5.74, 6) is 2.24. The average Bonchev–Trinajstić information content (AvgIpc) is 2.77. The first-order chi connectivity index (χ1) is 14.1.